The van der Waals surface area contributed by atoms with Gasteiger partial charge in [-0.15, -0.1) is 0 Å². The minimum absolute atomic E-state index is 0.0400. The van der Waals surface area contributed by atoms with Crippen molar-refractivity contribution in [3.63, 3.8) is 0 Å². The molecule has 0 saturated carbocycles. The third-order valence-electron chi connectivity index (χ3n) is 2.23. The number of carbonyl (C=O) groups is 1. The Labute approximate surface area is 109 Å². The van der Waals surface area contributed by atoms with Crippen LogP contribution in [0.5, 0.6) is 0 Å². The number of hydrogen-bond acceptors (Lipinski definition) is 2. The highest BCUT2D eigenvalue weighted by molar-refractivity contribution is 9.10. The fourth-order valence-electron chi connectivity index (χ4n) is 1.38. The quantitative estimate of drug-likeness (QED) is 0.791. The van der Waals surface area contributed by atoms with E-state index in [4.69, 9.17) is 0 Å². The highest BCUT2D eigenvalue weighted by Gasteiger charge is 2.02. The van der Waals surface area contributed by atoms with Crippen LogP contribution in [-0.4, -0.2) is 19.0 Å². The molecule has 5 heteroatoms. The normalized spacial score (nSPS) is 10.3. The fraction of sp³-hybridized carbons (Fsp3) is 0.417. The summed E-state index contributed by atoms with van der Waals surface area (Å²) in [5.41, 5.74) is 0.974. The van der Waals surface area contributed by atoms with Gasteiger partial charge in [0.2, 0.25) is 5.91 Å². The van der Waals surface area contributed by atoms with E-state index in [2.05, 4.69) is 26.6 Å². The molecule has 0 atom stereocenters. The Morgan fingerprint density at radius 1 is 1.47 bits per heavy atom. The standard InChI is InChI=1S/C12H16BrFN2O/c1-2-16-12(17)5-6-15-8-9-3-4-10(14)7-11(9)13/h3-4,7,15H,2,5-6,8H2,1H3,(H,16,17). The first-order chi connectivity index (χ1) is 8.13. The summed E-state index contributed by atoms with van der Waals surface area (Å²) in [5, 5.41) is 5.86. The Bertz CT molecular complexity index is 385. The molecule has 3 nitrogen and oxygen atoms in total. The molecule has 0 bridgehead atoms. The van der Waals surface area contributed by atoms with Crippen molar-refractivity contribution >= 4 is 21.8 Å². The van der Waals surface area contributed by atoms with Gasteiger partial charge in [0.15, 0.2) is 0 Å². The van der Waals surface area contributed by atoms with E-state index in [1.165, 1.54) is 12.1 Å². The van der Waals surface area contributed by atoms with Gasteiger partial charge < -0.3 is 10.6 Å². The highest BCUT2D eigenvalue weighted by atomic mass is 79.9. The molecule has 2 N–H and O–H groups in total. The predicted octanol–water partition coefficient (Wildman–Crippen LogP) is 2.20. The summed E-state index contributed by atoms with van der Waals surface area (Å²) in [6, 6.07) is 4.57. The number of rotatable bonds is 6. The van der Waals surface area contributed by atoms with Gasteiger partial charge in [-0.3, -0.25) is 4.79 Å². The number of hydrogen-bond donors (Lipinski definition) is 2. The van der Waals surface area contributed by atoms with Gasteiger partial charge in [-0.1, -0.05) is 22.0 Å². The lowest BCUT2D eigenvalue weighted by Crippen LogP contribution is -2.27. The van der Waals surface area contributed by atoms with E-state index in [1.54, 1.807) is 6.07 Å². The summed E-state index contributed by atoms with van der Waals surface area (Å²) in [6.07, 6.45) is 0.451. The molecule has 0 heterocycles. The van der Waals surface area contributed by atoms with Crippen molar-refractivity contribution in [3.8, 4) is 0 Å². The third kappa shape index (κ3) is 5.28. The van der Waals surface area contributed by atoms with Crippen LogP contribution in [0.1, 0.15) is 18.9 Å². The third-order valence-corrected chi connectivity index (χ3v) is 2.97. The molecule has 1 aromatic rings. The van der Waals surface area contributed by atoms with Gasteiger partial charge in [-0.05, 0) is 24.6 Å². The second-order valence-corrected chi connectivity index (χ2v) is 4.47. The van der Waals surface area contributed by atoms with Crippen molar-refractivity contribution in [1.29, 1.82) is 0 Å². The van der Waals surface area contributed by atoms with Crippen molar-refractivity contribution in [2.24, 2.45) is 0 Å². The Morgan fingerprint density at radius 2 is 2.24 bits per heavy atom. The molecule has 0 radical (unpaired) electrons. The Balaban J connectivity index is 2.29. The van der Waals surface area contributed by atoms with Gasteiger partial charge in [0, 0.05) is 30.5 Å². The van der Waals surface area contributed by atoms with Crippen molar-refractivity contribution in [1.82, 2.24) is 10.6 Å². The SMILES string of the molecule is CCNC(=O)CCNCc1ccc(F)cc1Br. The molecule has 0 aliphatic rings. The zero-order chi connectivity index (χ0) is 12.7. The number of carbonyl (C=O) groups excluding carboxylic acids is 1. The van der Waals surface area contributed by atoms with Crippen molar-refractivity contribution in [2.45, 2.75) is 19.9 Å². The first kappa shape index (κ1) is 14.1. The highest BCUT2D eigenvalue weighted by Crippen LogP contribution is 2.17. The summed E-state index contributed by atoms with van der Waals surface area (Å²) >= 11 is 3.29. The van der Waals surface area contributed by atoms with Gasteiger partial charge in [0.25, 0.3) is 0 Å². The summed E-state index contributed by atoms with van der Waals surface area (Å²) < 4.78 is 13.6. The van der Waals surface area contributed by atoms with Crippen LogP contribution in [0, 0.1) is 5.82 Å². The lowest BCUT2D eigenvalue weighted by atomic mass is 10.2. The van der Waals surface area contributed by atoms with E-state index in [1.807, 2.05) is 6.92 Å². The molecule has 1 aromatic carbocycles. The van der Waals surface area contributed by atoms with Gasteiger partial charge in [0.05, 0.1) is 0 Å². The Hall–Kier alpha value is -0.940. The zero-order valence-corrected chi connectivity index (χ0v) is 11.3. The number of halogens is 2. The Morgan fingerprint density at radius 3 is 2.88 bits per heavy atom. The van der Waals surface area contributed by atoms with Crippen molar-refractivity contribution < 1.29 is 9.18 Å². The van der Waals surface area contributed by atoms with Gasteiger partial charge >= 0.3 is 0 Å². The smallest absolute Gasteiger partial charge is 0.221 e. The maximum absolute atomic E-state index is 12.8. The molecule has 94 valence electrons. The number of amides is 1. The van der Waals surface area contributed by atoms with Crippen LogP contribution < -0.4 is 10.6 Å². The van der Waals surface area contributed by atoms with Crippen LogP contribution in [0.2, 0.25) is 0 Å². The molecule has 0 aliphatic heterocycles. The topological polar surface area (TPSA) is 41.1 Å². The van der Waals surface area contributed by atoms with Crippen molar-refractivity contribution in [3.05, 3.63) is 34.1 Å². The monoisotopic (exact) mass is 302 g/mol. The minimum Gasteiger partial charge on any atom is -0.356 e. The van der Waals surface area contributed by atoms with Gasteiger partial charge in [-0.2, -0.15) is 0 Å². The van der Waals surface area contributed by atoms with E-state index >= 15 is 0 Å². The average Bonchev–Trinajstić information content (AvgIpc) is 2.27. The maximum Gasteiger partial charge on any atom is 0.221 e. The van der Waals surface area contributed by atoms with E-state index in [-0.39, 0.29) is 11.7 Å². The lowest BCUT2D eigenvalue weighted by molar-refractivity contribution is -0.120. The second-order valence-electron chi connectivity index (χ2n) is 3.62. The number of benzene rings is 1. The van der Waals surface area contributed by atoms with E-state index in [0.29, 0.717) is 26.1 Å². The lowest BCUT2D eigenvalue weighted by Gasteiger charge is -2.07. The van der Waals surface area contributed by atoms with Crippen LogP contribution in [-0.2, 0) is 11.3 Å². The molecule has 0 aromatic heterocycles. The molecule has 1 amide bonds. The minimum atomic E-state index is -0.261. The van der Waals surface area contributed by atoms with Crippen LogP contribution in [0.15, 0.2) is 22.7 Å². The molecular formula is C12H16BrFN2O. The van der Waals surface area contributed by atoms with E-state index < -0.39 is 0 Å². The summed E-state index contributed by atoms with van der Waals surface area (Å²) in [6.45, 7) is 3.76. The van der Waals surface area contributed by atoms with Crippen LogP contribution in [0.3, 0.4) is 0 Å². The van der Waals surface area contributed by atoms with Crippen LogP contribution in [0.4, 0.5) is 4.39 Å². The maximum atomic E-state index is 12.8. The first-order valence-electron chi connectivity index (χ1n) is 5.54. The molecule has 17 heavy (non-hydrogen) atoms. The molecule has 0 fully saturated rings. The summed E-state index contributed by atoms with van der Waals surface area (Å²) in [5.74, 6) is -0.221. The zero-order valence-electron chi connectivity index (χ0n) is 9.72. The van der Waals surface area contributed by atoms with Gasteiger partial charge in [0.1, 0.15) is 5.82 Å². The molecule has 0 saturated heterocycles. The largest absolute Gasteiger partial charge is 0.356 e. The summed E-state index contributed by atoms with van der Waals surface area (Å²) in [7, 11) is 0. The molecule has 0 aliphatic carbocycles. The van der Waals surface area contributed by atoms with Gasteiger partial charge in [-0.25, -0.2) is 4.39 Å². The molecule has 0 spiro atoms. The molecule has 1 rings (SSSR count). The predicted molar refractivity (Wildman–Crippen MR) is 69.1 cm³/mol. The van der Waals surface area contributed by atoms with E-state index in [0.717, 1.165) is 10.0 Å². The average molecular weight is 303 g/mol. The number of nitrogens with one attached hydrogen (secondary N) is 2. The van der Waals surface area contributed by atoms with E-state index in [9.17, 15) is 9.18 Å². The van der Waals surface area contributed by atoms with Crippen LogP contribution >= 0.6 is 15.9 Å². The second kappa shape index (κ2) is 7.40. The first-order valence-corrected chi connectivity index (χ1v) is 6.34. The summed E-state index contributed by atoms with van der Waals surface area (Å²) in [4.78, 5) is 11.2. The van der Waals surface area contributed by atoms with Crippen LogP contribution in [0.25, 0.3) is 0 Å². The molecule has 0 unspecified atom stereocenters. The molecular weight excluding hydrogens is 287 g/mol. The van der Waals surface area contributed by atoms with Crippen molar-refractivity contribution in [2.75, 3.05) is 13.1 Å². The fourth-order valence-corrected chi connectivity index (χ4v) is 1.87. The Kier molecular flexibility index (Phi) is 6.15.